The third-order valence-corrected chi connectivity index (χ3v) is 3.92. The van der Waals surface area contributed by atoms with Gasteiger partial charge in [-0.25, -0.2) is 4.79 Å². The molecule has 0 saturated carbocycles. The van der Waals surface area contributed by atoms with E-state index < -0.39 is 39.6 Å². The van der Waals surface area contributed by atoms with Crippen molar-refractivity contribution in [2.75, 3.05) is 33.3 Å². The highest BCUT2D eigenvalue weighted by Crippen LogP contribution is 2.35. The third kappa shape index (κ3) is 5.35. The van der Waals surface area contributed by atoms with Crippen molar-refractivity contribution in [2.45, 2.75) is 0 Å². The van der Waals surface area contributed by atoms with E-state index in [1.807, 2.05) is 0 Å². The number of hydrogen-bond acceptors (Lipinski definition) is 10. The van der Waals surface area contributed by atoms with Gasteiger partial charge in [-0.1, -0.05) is 0 Å². The zero-order valence-corrected chi connectivity index (χ0v) is 16.6. The highest BCUT2D eigenvalue weighted by Gasteiger charge is 2.26. The number of amides is 1. The maximum Gasteiger partial charge on any atom is 0.345 e. The van der Waals surface area contributed by atoms with Gasteiger partial charge >= 0.3 is 5.97 Å². The number of ether oxygens (including phenoxy) is 4. The first-order valence-corrected chi connectivity index (χ1v) is 8.41. The highest BCUT2D eigenvalue weighted by molar-refractivity contribution is 5.98. The van der Waals surface area contributed by atoms with Crippen molar-refractivity contribution in [2.24, 2.45) is 0 Å². The fourth-order valence-corrected chi connectivity index (χ4v) is 2.47. The fraction of sp³-hybridized carbons (Fsp3) is 0.222. The number of anilines is 1. The second kappa shape index (κ2) is 9.87. The van der Waals surface area contributed by atoms with Crippen LogP contribution in [0.5, 0.6) is 17.2 Å². The molecule has 13 nitrogen and oxygen atoms in total. The van der Waals surface area contributed by atoms with Crippen molar-refractivity contribution in [3.63, 3.8) is 0 Å². The molecule has 0 aliphatic carbocycles. The van der Waals surface area contributed by atoms with E-state index in [1.165, 1.54) is 27.4 Å². The van der Waals surface area contributed by atoms with E-state index in [1.54, 1.807) is 0 Å². The van der Waals surface area contributed by atoms with Gasteiger partial charge in [0.15, 0.2) is 18.1 Å². The largest absolute Gasteiger partial charge is 0.494 e. The zero-order valence-electron chi connectivity index (χ0n) is 16.6. The van der Waals surface area contributed by atoms with Gasteiger partial charge in [0.25, 0.3) is 17.3 Å². The van der Waals surface area contributed by atoms with Crippen LogP contribution in [-0.4, -0.2) is 49.7 Å². The molecule has 2 rings (SSSR count). The lowest BCUT2D eigenvalue weighted by atomic mass is 10.1. The van der Waals surface area contributed by atoms with Crippen molar-refractivity contribution in [1.82, 2.24) is 0 Å². The number of nitro benzene ring substituents is 2. The molecule has 0 spiro atoms. The number of carbonyl (C=O) groups is 2. The number of carbonyl (C=O) groups excluding carboxylic acids is 2. The predicted octanol–water partition coefficient (Wildman–Crippen LogP) is 2.32. The van der Waals surface area contributed by atoms with Gasteiger partial charge in [0.05, 0.1) is 49.0 Å². The summed E-state index contributed by atoms with van der Waals surface area (Å²) in [6.07, 6.45) is 0. The first-order valence-electron chi connectivity index (χ1n) is 8.41. The summed E-state index contributed by atoms with van der Waals surface area (Å²) in [7, 11) is 3.81. The van der Waals surface area contributed by atoms with Crippen LogP contribution >= 0.6 is 0 Å². The number of nitrogens with zero attached hydrogens (tertiary/aromatic N) is 2. The van der Waals surface area contributed by atoms with Gasteiger partial charge in [-0.2, -0.15) is 0 Å². The Labute approximate surface area is 174 Å². The summed E-state index contributed by atoms with van der Waals surface area (Å²) in [4.78, 5) is 45.1. The quantitative estimate of drug-likeness (QED) is 0.350. The molecule has 0 aliphatic heterocycles. The lowest BCUT2D eigenvalue weighted by molar-refractivity contribution is -0.385. The van der Waals surface area contributed by atoms with E-state index in [0.717, 1.165) is 24.3 Å². The van der Waals surface area contributed by atoms with Crippen LogP contribution in [0.2, 0.25) is 0 Å². The molecule has 0 unspecified atom stereocenters. The van der Waals surface area contributed by atoms with Crippen LogP contribution < -0.4 is 19.5 Å². The molecule has 0 atom stereocenters. The number of nitrogens with one attached hydrogen (secondary N) is 1. The minimum absolute atomic E-state index is 0.0180. The topological polar surface area (TPSA) is 169 Å². The van der Waals surface area contributed by atoms with Gasteiger partial charge in [-0.15, -0.1) is 0 Å². The number of hydrogen-bond donors (Lipinski definition) is 1. The van der Waals surface area contributed by atoms with Crippen molar-refractivity contribution in [1.29, 1.82) is 0 Å². The summed E-state index contributed by atoms with van der Waals surface area (Å²) in [6.45, 7) is -0.787. The summed E-state index contributed by atoms with van der Waals surface area (Å²) in [5, 5.41) is 24.5. The smallest absolute Gasteiger partial charge is 0.345 e. The Balaban J connectivity index is 2.15. The Bertz CT molecular complexity index is 1040. The summed E-state index contributed by atoms with van der Waals surface area (Å²) >= 11 is 0. The molecule has 0 bridgehead atoms. The molecule has 2 aromatic rings. The molecule has 164 valence electrons. The molecule has 0 saturated heterocycles. The van der Waals surface area contributed by atoms with E-state index in [9.17, 15) is 29.8 Å². The lowest BCUT2D eigenvalue weighted by Gasteiger charge is -2.11. The minimum Gasteiger partial charge on any atom is -0.494 e. The number of esters is 1. The Morgan fingerprint density at radius 1 is 0.903 bits per heavy atom. The van der Waals surface area contributed by atoms with Crippen LogP contribution in [0, 0.1) is 20.2 Å². The van der Waals surface area contributed by atoms with Crippen LogP contribution in [0.1, 0.15) is 10.4 Å². The van der Waals surface area contributed by atoms with Gasteiger partial charge in [-0.3, -0.25) is 25.0 Å². The summed E-state index contributed by atoms with van der Waals surface area (Å²) in [5.41, 5.74) is -1.18. The number of benzene rings is 2. The van der Waals surface area contributed by atoms with Crippen LogP contribution in [0.4, 0.5) is 17.1 Å². The van der Waals surface area contributed by atoms with Crippen molar-refractivity contribution >= 4 is 28.9 Å². The Morgan fingerprint density at radius 3 is 2.06 bits per heavy atom. The van der Waals surface area contributed by atoms with Gasteiger partial charge in [0.2, 0.25) is 0 Å². The predicted molar refractivity (Wildman–Crippen MR) is 105 cm³/mol. The van der Waals surface area contributed by atoms with E-state index in [4.69, 9.17) is 18.9 Å². The monoisotopic (exact) mass is 435 g/mol. The summed E-state index contributed by atoms with van der Waals surface area (Å²) in [6, 6.07) is 5.56. The molecular formula is C18H17N3O10. The van der Waals surface area contributed by atoms with E-state index >= 15 is 0 Å². The molecule has 0 heterocycles. The van der Waals surface area contributed by atoms with E-state index in [2.05, 4.69) is 5.32 Å². The standard InChI is InChI=1S/C18H17N3O10/c1-28-14-6-10(20(24)25)4-5-12(14)19-17(22)9-31-18(23)11-7-15(29-2)16(30-3)8-13(11)21(26)27/h4-8H,9H2,1-3H3,(H,19,22). The van der Waals surface area contributed by atoms with Gasteiger partial charge in [0.1, 0.15) is 11.3 Å². The summed E-state index contributed by atoms with van der Waals surface area (Å²) < 4.78 is 19.8. The Hall–Kier alpha value is -4.42. The van der Waals surface area contributed by atoms with Crippen molar-refractivity contribution in [3.8, 4) is 17.2 Å². The molecule has 1 N–H and O–H groups in total. The second-order valence-corrected chi connectivity index (χ2v) is 5.75. The molecular weight excluding hydrogens is 418 g/mol. The van der Waals surface area contributed by atoms with Crippen molar-refractivity contribution in [3.05, 3.63) is 56.1 Å². The van der Waals surface area contributed by atoms with Crippen LogP contribution in [0.15, 0.2) is 30.3 Å². The van der Waals surface area contributed by atoms with Crippen LogP contribution in [0.25, 0.3) is 0 Å². The zero-order chi connectivity index (χ0) is 23.1. The van der Waals surface area contributed by atoms with Crippen molar-refractivity contribution < 1.29 is 38.4 Å². The SMILES string of the molecule is COc1cc([N+](=O)[O-])ccc1NC(=O)COC(=O)c1cc(OC)c(OC)cc1[N+](=O)[O-]. The molecule has 0 radical (unpaired) electrons. The molecule has 1 amide bonds. The molecule has 2 aromatic carbocycles. The number of methoxy groups -OCH3 is 3. The average Bonchev–Trinajstić information content (AvgIpc) is 2.76. The molecule has 31 heavy (non-hydrogen) atoms. The normalized spacial score (nSPS) is 10.0. The van der Waals surface area contributed by atoms with Crippen LogP contribution in [0.3, 0.4) is 0 Å². The van der Waals surface area contributed by atoms with Gasteiger partial charge in [-0.05, 0) is 6.07 Å². The number of rotatable bonds is 9. The molecule has 0 aliphatic rings. The number of nitro groups is 2. The molecule has 0 fully saturated rings. The third-order valence-electron chi connectivity index (χ3n) is 3.92. The Kier molecular flexibility index (Phi) is 7.28. The summed E-state index contributed by atoms with van der Waals surface area (Å²) in [5.74, 6) is -1.83. The lowest BCUT2D eigenvalue weighted by Crippen LogP contribution is -2.21. The molecule has 0 aromatic heterocycles. The average molecular weight is 435 g/mol. The fourth-order valence-electron chi connectivity index (χ4n) is 2.47. The second-order valence-electron chi connectivity index (χ2n) is 5.75. The maximum absolute atomic E-state index is 12.3. The van der Waals surface area contributed by atoms with Crippen LogP contribution in [-0.2, 0) is 9.53 Å². The molecule has 13 heteroatoms. The highest BCUT2D eigenvalue weighted by atomic mass is 16.6. The number of non-ortho nitro benzene ring substituents is 1. The van der Waals surface area contributed by atoms with E-state index in [0.29, 0.717) is 0 Å². The Morgan fingerprint density at radius 2 is 1.52 bits per heavy atom. The maximum atomic E-state index is 12.3. The van der Waals surface area contributed by atoms with Gasteiger partial charge < -0.3 is 24.3 Å². The van der Waals surface area contributed by atoms with E-state index in [-0.39, 0.29) is 28.6 Å². The first-order chi connectivity index (χ1) is 14.7. The van der Waals surface area contributed by atoms with Gasteiger partial charge in [0, 0.05) is 12.1 Å². The minimum atomic E-state index is -1.14. The first kappa shape index (κ1) is 22.9.